The third-order valence-corrected chi connectivity index (χ3v) is 4.61. The summed E-state index contributed by atoms with van der Waals surface area (Å²) in [4.78, 5) is 20.2. The third kappa shape index (κ3) is 4.73. The van der Waals surface area contributed by atoms with Crippen molar-refractivity contribution >= 4 is 34.8 Å². The number of fused-ring (bicyclic) bond motifs is 1. The average molecular weight is 369 g/mol. The van der Waals surface area contributed by atoms with Crippen LogP contribution in [0.25, 0.3) is 17.1 Å². The van der Waals surface area contributed by atoms with Crippen molar-refractivity contribution in [3.8, 4) is 0 Å². The predicted molar refractivity (Wildman–Crippen MR) is 105 cm³/mol. The fraction of sp³-hybridized carbons (Fsp3) is 0.200. The van der Waals surface area contributed by atoms with Gasteiger partial charge in [0.25, 0.3) is 0 Å². The number of imidazole rings is 1. The Kier molecular flexibility index (Phi) is 6.07. The number of para-hydroxylation sites is 2. The number of carbonyl (C=O) groups excluding carboxylic acids is 1. The molecular weight excluding hydrogens is 349 g/mol. The number of amides is 1. The number of carbonyl (C=O) groups is 1. The average Bonchev–Trinajstić information content (AvgIpc) is 3.08. The third-order valence-electron chi connectivity index (χ3n) is 3.96. The van der Waals surface area contributed by atoms with E-state index in [0.717, 1.165) is 34.6 Å². The number of hydrogen-bond donors (Lipinski definition) is 2. The maximum atomic E-state index is 12.9. The van der Waals surface area contributed by atoms with E-state index >= 15 is 0 Å². The smallest absolute Gasteiger partial charge is 0.244 e. The molecule has 0 aliphatic heterocycles. The molecule has 2 aromatic carbocycles. The van der Waals surface area contributed by atoms with Gasteiger partial charge in [-0.2, -0.15) is 11.8 Å². The zero-order chi connectivity index (χ0) is 18.4. The molecule has 0 bridgehead atoms. The number of aromatic amines is 1. The van der Waals surface area contributed by atoms with Crippen molar-refractivity contribution in [1.82, 2.24) is 15.3 Å². The first-order chi connectivity index (χ1) is 12.7. The van der Waals surface area contributed by atoms with Crippen LogP contribution in [0, 0.1) is 5.82 Å². The normalized spacial score (nSPS) is 12.5. The number of nitrogens with zero attached hydrogens (tertiary/aromatic N) is 1. The van der Waals surface area contributed by atoms with Crippen LogP contribution in [0.4, 0.5) is 4.39 Å². The molecule has 1 aromatic heterocycles. The molecule has 0 saturated heterocycles. The number of thioether (sulfide) groups is 1. The first-order valence-electron chi connectivity index (χ1n) is 8.33. The minimum Gasteiger partial charge on any atom is -0.343 e. The highest BCUT2D eigenvalue weighted by Crippen LogP contribution is 2.20. The monoisotopic (exact) mass is 369 g/mol. The van der Waals surface area contributed by atoms with E-state index in [1.807, 2.05) is 30.5 Å². The van der Waals surface area contributed by atoms with Crippen LogP contribution in [0.5, 0.6) is 0 Å². The molecule has 4 nitrogen and oxygen atoms in total. The van der Waals surface area contributed by atoms with Gasteiger partial charge in [0.2, 0.25) is 5.91 Å². The fourth-order valence-electron chi connectivity index (χ4n) is 2.62. The Labute approximate surface area is 155 Å². The summed E-state index contributed by atoms with van der Waals surface area (Å²) >= 11 is 1.72. The van der Waals surface area contributed by atoms with E-state index in [1.165, 1.54) is 18.2 Å². The van der Waals surface area contributed by atoms with Gasteiger partial charge >= 0.3 is 0 Å². The number of nitrogens with one attached hydrogen (secondary N) is 2. The van der Waals surface area contributed by atoms with Gasteiger partial charge in [-0.05, 0) is 54.3 Å². The molecule has 26 heavy (non-hydrogen) atoms. The highest BCUT2D eigenvalue weighted by Gasteiger charge is 2.17. The largest absolute Gasteiger partial charge is 0.343 e. The van der Waals surface area contributed by atoms with E-state index < -0.39 is 0 Å². The fourth-order valence-corrected chi connectivity index (χ4v) is 3.09. The van der Waals surface area contributed by atoms with Crippen molar-refractivity contribution in [2.75, 3.05) is 12.0 Å². The summed E-state index contributed by atoms with van der Waals surface area (Å²) in [5, 5.41) is 3.00. The van der Waals surface area contributed by atoms with Crippen LogP contribution in [0.2, 0.25) is 0 Å². The molecule has 1 atom stereocenters. The van der Waals surface area contributed by atoms with E-state index in [4.69, 9.17) is 0 Å². The van der Waals surface area contributed by atoms with Crippen molar-refractivity contribution in [2.24, 2.45) is 0 Å². The van der Waals surface area contributed by atoms with Gasteiger partial charge < -0.3 is 10.3 Å². The number of rotatable bonds is 7. The number of H-pyrrole nitrogens is 1. The van der Waals surface area contributed by atoms with Crippen molar-refractivity contribution in [1.29, 1.82) is 0 Å². The van der Waals surface area contributed by atoms with E-state index in [9.17, 15) is 9.18 Å². The van der Waals surface area contributed by atoms with Gasteiger partial charge in [0.1, 0.15) is 11.6 Å². The highest BCUT2D eigenvalue weighted by molar-refractivity contribution is 7.98. The van der Waals surface area contributed by atoms with Gasteiger partial charge in [-0.3, -0.25) is 4.79 Å². The van der Waals surface area contributed by atoms with Crippen LogP contribution in [0.3, 0.4) is 0 Å². The molecular formula is C20H20FN3OS. The van der Waals surface area contributed by atoms with Crippen LogP contribution in [-0.4, -0.2) is 27.9 Å². The first kappa shape index (κ1) is 18.2. The lowest BCUT2D eigenvalue weighted by molar-refractivity contribution is -0.117. The molecule has 0 unspecified atom stereocenters. The molecule has 1 amide bonds. The second-order valence-electron chi connectivity index (χ2n) is 5.87. The second-order valence-corrected chi connectivity index (χ2v) is 6.85. The van der Waals surface area contributed by atoms with Crippen molar-refractivity contribution in [3.63, 3.8) is 0 Å². The van der Waals surface area contributed by atoms with Crippen LogP contribution in [0.1, 0.15) is 23.9 Å². The SMILES string of the molecule is CSCC[C@H](NC(=O)/C=C/c1ccc(F)cc1)c1nc2ccccc2[nH]1. The summed E-state index contributed by atoms with van der Waals surface area (Å²) in [7, 11) is 0. The van der Waals surface area contributed by atoms with Crippen LogP contribution >= 0.6 is 11.8 Å². The second kappa shape index (κ2) is 8.67. The Balaban J connectivity index is 1.72. The molecule has 6 heteroatoms. The highest BCUT2D eigenvalue weighted by atomic mass is 32.2. The topological polar surface area (TPSA) is 57.8 Å². The number of hydrogen-bond acceptors (Lipinski definition) is 3. The summed E-state index contributed by atoms with van der Waals surface area (Å²) in [5.41, 5.74) is 2.60. The van der Waals surface area contributed by atoms with Gasteiger partial charge in [0.15, 0.2) is 0 Å². The zero-order valence-electron chi connectivity index (χ0n) is 14.4. The molecule has 0 spiro atoms. The van der Waals surface area contributed by atoms with Crippen molar-refractivity contribution in [2.45, 2.75) is 12.5 Å². The molecule has 0 fully saturated rings. The van der Waals surface area contributed by atoms with E-state index in [1.54, 1.807) is 30.0 Å². The summed E-state index contributed by atoms with van der Waals surface area (Å²) in [6, 6.07) is 13.6. The first-order valence-corrected chi connectivity index (χ1v) is 9.73. The van der Waals surface area contributed by atoms with Crippen LogP contribution < -0.4 is 5.32 Å². The van der Waals surface area contributed by atoms with E-state index in [-0.39, 0.29) is 17.8 Å². The lowest BCUT2D eigenvalue weighted by Gasteiger charge is -2.15. The maximum absolute atomic E-state index is 12.9. The van der Waals surface area contributed by atoms with Gasteiger partial charge in [0.05, 0.1) is 17.1 Å². The molecule has 3 aromatic rings. The maximum Gasteiger partial charge on any atom is 0.244 e. The standard InChI is InChI=1S/C20H20FN3OS/c1-26-13-12-18(20-23-16-4-2-3-5-17(16)24-20)22-19(25)11-8-14-6-9-15(21)10-7-14/h2-11,18H,12-13H2,1H3,(H,22,25)(H,23,24)/b11-8+/t18-/m0/s1. The lowest BCUT2D eigenvalue weighted by Crippen LogP contribution is -2.28. The Hall–Kier alpha value is -2.60. The quantitative estimate of drug-likeness (QED) is 0.610. The van der Waals surface area contributed by atoms with Crippen LogP contribution in [0.15, 0.2) is 54.6 Å². The lowest BCUT2D eigenvalue weighted by atomic mass is 10.2. The van der Waals surface area contributed by atoms with E-state index in [2.05, 4.69) is 15.3 Å². The zero-order valence-corrected chi connectivity index (χ0v) is 15.2. The number of aromatic nitrogens is 2. The summed E-state index contributed by atoms with van der Waals surface area (Å²) in [5.74, 6) is 1.15. The summed E-state index contributed by atoms with van der Waals surface area (Å²) in [6.45, 7) is 0. The minimum atomic E-state index is -0.298. The molecule has 134 valence electrons. The molecule has 0 radical (unpaired) electrons. The number of benzene rings is 2. The summed E-state index contributed by atoms with van der Waals surface area (Å²) in [6.07, 6.45) is 5.93. The van der Waals surface area contributed by atoms with E-state index in [0.29, 0.717) is 0 Å². The van der Waals surface area contributed by atoms with Crippen LogP contribution in [-0.2, 0) is 4.79 Å². The molecule has 2 N–H and O–H groups in total. The molecule has 3 rings (SSSR count). The Bertz CT molecular complexity index is 872. The Morgan fingerprint density at radius 1 is 1.27 bits per heavy atom. The van der Waals surface area contributed by atoms with Gasteiger partial charge in [-0.25, -0.2) is 9.37 Å². The molecule has 0 aliphatic rings. The molecule has 1 heterocycles. The minimum absolute atomic E-state index is 0.194. The van der Waals surface area contributed by atoms with Gasteiger partial charge in [0, 0.05) is 6.08 Å². The Morgan fingerprint density at radius 2 is 2.04 bits per heavy atom. The number of halogens is 1. The molecule has 0 saturated carbocycles. The molecule has 0 aliphatic carbocycles. The van der Waals surface area contributed by atoms with Crippen molar-refractivity contribution < 1.29 is 9.18 Å². The van der Waals surface area contributed by atoms with Crippen molar-refractivity contribution in [3.05, 3.63) is 71.8 Å². The predicted octanol–water partition coefficient (Wildman–Crippen LogP) is 4.33. The Morgan fingerprint density at radius 3 is 2.77 bits per heavy atom. The van der Waals surface area contributed by atoms with Gasteiger partial charge in [-0.15, -0.1) is 0 Å². The van der Waals surface area contributed by atoms with Gasteiger partial charge in [-0.1, -0.05) is 24.3 Å². The summed E-state index contributed by atoms with van der Waals surface area (Å²) < 4.78 is 12.9.